The molecule has 0 fully saturated rings. The SMILES string of the molecule is O=c1c2cnn(-c3ccccc3)c2nc2n1CCN(Cc1ccccc1)C2Cc1ccccc1. The summed E-state index contributed by atoms with van der Waals surface area (Å²) in [6.45, 7) is 2.22. The molecule has 0 aliphatic carbocycles. The van der Waals surface area contributed by atoms with Crippen molar-refractivity contribution < 1.29 is 0 Å². The maximum absolute atomic E-state index is 13.5. The molecule has 0 bridgehead atoms. The monoisotopic (exact) mass is 447 g/mol. The van der Waals surface area contributed by atoms with Crippen LogP contribution in [0.1, 0.15) is 23.0 Å². The maximum Gasteiger partial charge on any atom is 0.264 e. The molecule has 1 aliphatic rings. The lowest BCUT2D eigenvalue weighted by Crippen LogP contribution is -2.44. The van der Waals surface area contributed by atoms with Gasteiger partial charge in [0.05, 0.1) is 17.9 Å². The Morgan fingerprint density at radius 2 is 1.44 bits per heavy atom. The molecule has 3 aromatic carbocycles. The van der Waals surface area contributed by atoms with Gasteiger partial charge < -0.3 is 0 Å². The van der Waals surface area contributed by atoms with Crippen molar-refractivity contribution >= 4 is 11.0 Å². The van der Waals surface area contributed by atoms with Crippen LogP contribution in [0, 0.1) is 0 Å². The second kappa shape index (κ2) is 8.72. The minimum Gasteiger partial charge on any atom is -0.293 e. The van der Waals surface area contributed by atoms with Crippen LogP contribution in [0.3, 0.4) is 0 Å². The Bertz CT molecular complexity index is 1480. The van der Waals surface area contributed by atoms with Gasteiger partial charge in [-0.1, -0.05) is 78.9 Å². The van der Waals surface area contributed by atoms with E-state index in [9.17, 15) is 4.79 Å². The second-order valence-corrected chi connectivity index (χ2v) is 8.72. The van der Waals surface area contributed by atoms with E-state index in [-0.39, 0.29) is 11.6 Å². The molecule has 34 heavy (non-hydrogen) atoms. The van der Waals surface area contributed by atoms with Crippen molar-refractivity contribution in [1.29, 1.82) is 0 Å². The first kappa shape index (κ1) is 20.6. The van der Waals surface area contributed by atoms with E-state index >= 15 is 0 Å². The van der Waals surface area contributed by atoms with Gasteiger partial charge in [-0.05, 0) is 29.7 Å². The first-order valence-corrected chi connectivity index (χ1v) is 11.6. The van der Waals surface area contributed by atoms with Gasteiger partial charge in [0, 0.05) is 19.6 Å². The molecule has 168 valence electrons. The summed E-state index contributed by atoms with van der Waals surface area (Å²) in [4.78, 5) is 21.1. The number of hydrogen-bond acceptors (Lipinski definition) is 4. The molecular formula is C28H25N5O. The standard InChI is InChI=1S/C28H25N5O/c34-28-24-19-29-33(23-14-8-3-9-15-23)26(24)30-27-25(18-21-10-4-1-5-11-21)31(16-17-32(27)28)20-22-12-6-2-7-13-22/h1-15,19,25H,16-18,20H2. The molecule has 6 nitrogen and oxygen atoms in total. The van der Waals surface area contributed by atoms with Crippen LogP contribution in [-0.2, 0) is 19.5 Å². The Morgan fingerprint density at radius 1 is 0.794 bits per heavy atom. The van der Waals surface area contributed by atoms with E-state index in [4.69, 9.17) is 4.98 Å². The zero-order valence-corrected chi connectivity index (χ0v) is 18.8. The van der Waals surface area contributed by atoms with Crippen LogP contribution in [0.2, 0.25) is 0 Å². The summed E-state index contributed by atoms with van der Waals surface area (Å²) in [5.74, 6) is 0.807. The normalized spacial score (nSPS) is 15.9. The molecule has 0 amide bonds. The summed E-state index contributed by atoms with van der Waals surface area (Å²) in [5, 5.41) is 5.08. The van der Waals surface area contributed by atoms with E-state index in [0.29, 0.717) is 17.6 Å². The molecule has 0 radical (unpaired) electrons. The first-order chi connectivity index (χ1) is 16.8. The molecule has 1 aliphatic heterocycles. The third kappa shape index (κ3) is 3.72. The van der Waals surface area contributed by atoms with E-state index in [1.807, 2.05) is 47.0 Å². The van der Waals surface area contributed by atoms with Gasteiger partial charge >= 0.3 is 0 Å². The lowest BCUT2D eigenvalue weighted by Gasteiger charge is -2.37. The fraction of sp³-hybridized carbons (Fsp3) is 0.179. The average molecular weight is 448 g/mol. The zero-order chi connectivity index (χ0) is 22.9. The molecular weight excluding hydrogens is 422 g/mol. The summed E-state index contributed by atoms with van der Waals surface area (Å²) >= 11 is 0. The highest BCUT2D eigenvalue weighted by atomic mass is 16.1. The van der Waals surface area contributed by atoms with Crippen LogP contribution in [0.5, 0.6) is 0 Å². The summed E-state index contributed by atoms with van der Waals surface area (Å²) in [6.07, 6.45) is 2.43. The van der Waals surface area contributed by atoms with Crippen LogP contribution in [0.4, 0.5) is 0 Å². The van der Waals surface area contributed by atoms with Crippen molar-refractivity contribution in [3.8, 4) is 5.69 Å². The van der Waals surface area contributed by atoms with Crippen molar-refractivity contribution in [3.63, 3.8) is 0 Å². The van der Waals surface area contributed by atoms with Crippen LogP contribution >= 0.6 is 0 Å². The van der Waals surface area contributed by atoms with E-state index in [1.54, 1.807) is 10.9 Å². The van der Waals surface area contributed by atoms with Gasteiger partial charge in [0.25, 0.3) is 5.56 Å². The second-order valence-electron chi connectivity index (χ2n) is 8.72. The van der Waals surface area contributed by atoms with Gasteiger partial charge in [-0.15, -0.1) is 0 Å². The molecule has 6 rings (SSSR count). The van der Waals surface area contributed by atoms with E-state index < -0.39 is 0 Å². The van der Waals surface area contributed by atoms with Crippen LogP contribution in [-0.4, -0.2) is 30.8 Å². The molecule has 0 saturated carbocycles. The predicted molar refractivity (Wildman–Crippen MR) is 133 cm³/mol. The smallest absolute Gasteiger partial charge is 0.264 e. The maximum atomic E-state index is 13.5. The van der Waals surface area contributed by atoms with Crippen molar-refractivity contribution in [1.82, 2.24) is 24.2 Å². The first-order valence-electron chi connectivity index (χ1n) is 11.6. The van der Waals surface area contributed by atoms with Crippen molar-refractivity contribution in [2.24, 2.45) is 0 Å². The van der Waals surface area contributed by atoms with Crippen molar-refractivity contribution in [3.05, 3.63) is 124 Å². The number of aromatic nitrogens is 4. The molecule has 3 heterocycles. The minimum atomic E-state index is -0.0208. The van der Waals surface area contributed by atoms with Gasteiger partial charge in [0.2, 0.25) is 0 Å². The number of nitrogens with zero attached hydrogens (tertiary/aromatic N) is 5. The quantitative estimate of drug-likeness (QED) is 0.401. The molecule has 0 saturated heterocycles. The lowest BCUT2D eigenvalue weighted by molar-refractivity contribution is 0.139. The number of para-hydroxylation sites is 1. The zero-order valence-electron chi connectivity index (χ0n) is 18.8. The summed E-state index contributed by atoms with van der Waals surface area (Å²) < 4.78 is 3.63. The molecule has 0 spiro atoms. The fourth-order valence-corrected chi connectivity index (χ4v) is 4.86. The Balaban J connectivity index is 1.49. The highest BCUT2D eigenvalue weighted by Crippen LogP contribution is 2.30. The van der Waals surface area contributed by atoms with E-state index in [0.717, 1.165) is 31.0 Å². The van der Waals surface area contributed by atoms with Crippen LogP contribution in [0.25, 0.3) is 16.7 Å². The summed E-state index contributed by atoms with van der Waals surface area (Å²) in [7, 11) is 0. The third-order valence-corrected chi connectivity index (χ3v) is 6.57. The van der Waals surface area contributed by atoms with Gasteiger partial charge in [-0.3, -0.25) is 14.3 Å². The van der Waals surface area contributed by atoms with Crippen LogP contribution in [0.15, 0.2) is 102 Å². The molecule has 1 atom stereocenters. The highest BCUT2D eigenvalue weighted by Gasteiger charge is 2.31. The van der Waals surface area contributed by atoms with Crippen LogP contribution < -0.4 is 5.56 Å². The topological polar surface area (TPSA) is 56.0 Å². The fourth-order valence-electron chi connectivity index (χ4n) is 4.86. The van der Waals surface area contributed by atoms with E-state index in [2.05, 4.69) is 58.5 Å². The average Bonchev–Trinajstić information content (AvgIpc) is 3.32. The van der Waals surface area contributed by atoms with Gasteiger partial charge in [-0.2, -0.15) is 5.10 Å². The van der Waals surface area contributed by atoms with Crippen molar-refractivity contribution in [2.45, 2.75) is 25.6 Å². The van der Waals surface area contributed by atoms with Gasteiger partial charge in [0.15, 0.2) is 5.65 Å². The van der Waals surface area contributed by atoms with Gasteiger partial charge in [0.1, 0.15) is 11.2 Å². The highest BCUT2D eigenvalue weighted by molar-refractivity contribution is 5.75. The third-order valence-electron chi connectivity index (χ3n) is 6.57. The molecule has 5 aromatic rings. The Kier molecular flexibility index (Phi) is 5.28. The molecule has 6 heteroatoms. The predicted octanol–water partition coefficient (Wildman–Crippen LogP) is 4.38. The molecule has 0 N–H and O–H groups in total. The Hall–Kier alpha value is -4.03. The Morgan fingerprint density at radius 3 is 2.15 bits per heavy atom. The summed E-state index contributed by atoms with van der Waals surface area (Å²) in [6, 6.07) is 30.8. The lowest BCUT2D eigenvalue weighted by atomic mass is 10.0. The van der Waals surface area contributed by atoms with Gasteiger partial charge in [-0.25, -0.2) is 9.67 Å². The minimum absolute atomic E-state index is 0.0143. The molecule has 2 aromatic heterocycles. The largest absolute Gasteiger partial charge is 0.293 e. The number of hydrogen-bond donors (Lipinski definition) is 0. The number of rotatable bonds is 5. The molecule has 1 unspecified atom stereocenters. The van der Waals surface area contributed by atoms with Crippen molar-refractivity contribution in [2.75, 3.05) is 6.54 Å². The number of benzene rings is 3. The Labute approximate surface area is 197 Å². The summed E-state index contributed by atoms with van der Waals surface area (Å²) in [5.41, 5.74) is 3.98. The number of fused-ring (bicyclic) bond motifs is 2. The van der Waals surface area contributed by atoms with E-state index in [1.165, 1.54) is 11.1 Å².